The molecule has 2 fully saturated rings. The van der Waals surface area contributed by atoms with Gasteiger partial charge in [-0.15, -0.1) is 0 Å². The van der Waals surface area contributed by atoms with E-state index in [1.165, 1.54) is 18.4 Å². The van der Waals surface area contributed by atoms with E-state index in [4.69, 9.17) is 9.84 Å². The van der Waals surface area contributed by atoms with Gasteiger partial charge in [-0.3, -0.25) is 9.80 Å². The van der Waals surface area contributed by atoms with Crippen molar-refractivity contribution in [2.24, 2.45) is 0 Å². The zero-order chi connectivity index (χ0) is 20.8. The van der Waals surface area contributed by atoms with Gasteiger partial charge in [0.2, 0.25) is 0 Å². The number of piperazine rings is 1. The topological polar surface area (TPSA) is 39.2 Å². The SMILES string of the molecule is OCCOc1cccc(CN2CCC[C@@H](N3CCN(c4ccc(F)cc4)CC3)C2)c1. The van der Waals surface area contributed by atoms with E-state index in [0.29, 0.717) is 12.6 Å². The fourth-order valence-electron chi connectivity index (χ4n) is 4.63. The molecule has 0 aliphatic carbocycles. The van der Waals surface area contributed by atoms with Crippen molar-refractivity contribution in [1.29, 1.82) is 0 Å². The van der Waals surface area contributed by atoms with Crippen molar-refractivity contribution in [2.45, 2.75) is 25.4 Å². The fraction of sp³-hybridized carbons (Fsp3) is 0.500. The van der Waals surface area contributed by atoms with Crippen molar-refractivity contribution in [3.05, 3.63) is 59.9 Å². The molecule has 6 heteroatoms. The molecule has 4 rings (SSSR count). The van der Waals surface area contributed by atoms with Gasteiger partial charge >= 0.3 is 0 Å². The molecule has 0 saturated carbocycles. The van der Waals surface area contributed by atoms with Crippen LogP contribution in [-0.4, -0.2) is 73.4 Å². The van der Waals surface area contributed by atoms with Crippen LogP contribution >= 0.6 is 0 Å². The summed E-state index contributed by atoms with van der Waals surface area (Å²) in [4.78, 5) is 7.53. The van der Waals surface area contributed by atoms with Gasteiger partial charge in [0, 0.05) is 51.0 Å². The van der Waals surface area contributed by atoms with E-state index in [9.17, 15) is 4.39 Å². The summed E-state index contributed by atoms with van der Waals surface area (Å²) in [7, 11) is 0. The molecule has 2 aromatic carbocycles. The number of halogens is 1. The fourth-order valence-corrected chi connectivity index (χ4v) is 4.63. The van der Waals surface area contributed by atoms with Gasteiger partial charge in [-0.1, -0.05) is 12.1 Å². The molecule has 0 aromatic heterocycles. The lowest BCUT2D eigenvalue weighted by atomic mass is 10.0. The van der Waals surface area contributed by atoms with Gasteiger partial charge in [-0.2, -0.15) is 0 Å². The molecule has 2 aromatic rings. The summed E-state index contributed by atoms with van der Waals surface area (Å²) in [6.07, 6.45) is 2.48. The van der Waals surface area contributed by atoms with Crippen molar-refractivity contribution < 1.29 is 14.2 Å². The Balaban J connectivity index is 1.29. The van der Waals surface area contributed by atoms with Gasteiger partial charge in [0.15, 0.2) is 0 Å². The number of hydrogen-bond donors (Lipinski definition) is 1. The molecule has 5 nitrogen and oxygen atoms in total. The molecule has 1 N–H and O–H groups in total. The van der Waals surface area contributed by atoms with Gasteiger partial charge in [0.05, 0.1) is 6.61 Å². The van der Waals surface area contributed by atoms with Gasteiger partial charge in [-0.25, -0.2) is 4.39 Å². The van der Waals surface area contributed by atoms with E-state index < -0.39 is 0 Å². The van der Waals surface area contributed by atoms with E-state index >= 15 is 0 Å². The molecule has 2 heterocycles. The molecule has 2 aliphatic rings. The molecule has 0 amide bonds. The first-order valence-corrected chi connectivity index (χ1v) is 11.0. The molecular weight excluding hydrogens is 381 g/mol. The van der Waals surface area contributed by atoms with E-state index in [2.05, 4.69) is 26.8 Å². The third-order valence-corrected chi connectivity index (χ3v) is 6.17. The highest BCUT2D eigenvalue weighted by molar-refractivity contribution is 5.46. The van der Waals surface area contributed by atoms with Crippen LogP contribution in [0.3, 0.4) is 0 Å². The van der Waals surface area contributed by atoms with Gasteiger partial charge in [-0.05, 0) is 61.3 Å². The van der Waals surface area contributed by atoms with Crippen molar-refractivity contribution in [1.82, 2.24) is 9.80 Å². The number of aliphatic hydroxyl groups excluding tert-OH is 1. The first kappa shape index (κ1) is 21.1. The second-order valence-corrected chi connectivity index (χ2v) is 8.25. The summed E-state index contributed by atoms with van der Waals surface area (Å²) < 4.78 is 18.7. The maximum atomic E-state index is 13.2. The monoisotopic (exact) mass is 413 g/mol. The maximum Gasteiger partial charge on any atom is 0.123 e. The minimum atomic E-state index is -0.176. The van der Waals surface area contributed by atoms with E-state index in [1.807, 2.05) is 24.3 Å². The second-order valence-electron chi connectivity index (χ2n) is 8.25. The highest BCUT2D eigenvalue weighted by Gasteiger charge is 2.28. The average molecular weight is 414 g/mol. The van der Waals surface area contributed by atoms with E-state index in [1.54, 1.807) is 12.1 Å². The summed E-state index contributed by atoms with van der Waals surface area (Å²) in [6, 6.07) is 15.7. The number of ether oxygens (including phenoxy) is 1. The average Bonchev–Trinajstić information content (AvgIpc) is 2.79. The molecular formula is C24H32FN3O2. The lowest BCUT2D eigenvalue weighted by molar-refractivity contribution is 0.0887. The predicted molar refractivity (Wildman–Crippen MR) is 118 cm³/mol. The molecule has 0 spiro atoms. The highest BCUT2D eigenvalue weighted by atomic mass is 19.1. The third kappa shape index (κ3) is 5.50. The van der Waals surface area contributed by atoms with E-state index in [-0.39, 0.29) is 12.4 Å². The lowest BCUT2D eigenvalue weighted by Gasteiger charge is -2.44. The number of anilines is 1. The minimum absolute atomic E-state index is 0.0342. The standard InChI is InChI=1S/C24H32FN3O2/c25-21-6-8-22(9-7-21)27-11-13-28(14-12-27)23-4-2-10-26(19-23)18-20-3-1-5-24(17-20)30-16-15-29/h1,3,5-9,17,23,29H,2,4,10-16,18-19H2/t23-/m1/s1. The smallest absolute Gasteiger partial charge is 0.123 e. The van der Waals surface area contributed by atoms with Crippen LogP contribution in [0.25, 0.3) is 0 Å². The quantitative estimate of drug-likeness (QED) is 0.756. The normalized spacial score (nSPS) is 21.0. The summed E-state index contributed by atoms with van der Waals surface area (Å²) in [5, 5.41) is 8.95. The number of benzene rings is 2. The summed E-state index contributed by atoms with van der Waals surface area (Å²) in [6.45, 7) is 7.62. The van der Waals surface area contributed by atoms with Crippen molar-refractivity contribution >= 4 is 5.69 Å². The van der Waals surface area contributed by atoms with Crippen LogP contribution < -0.4 is 9.64 Å². The summed E-state index contributed by atoms with van der Waals surface area (Å²) >= 11 is 0. The van der Waals surface area contributed by atoms with Gasteiger partial charge < -0.3 is 14.7 Å². The Kier molecular flexibility index (Phi) is 7.20. The van der Waals surface area contributed by atoms with Crippen LogP contribution in [0.5, 0.6) is 5.75 Å². The van der Waals surface area contributed by atoms with Crippen LogP contribution in [0, 0.1) is 5.82 Å². The van der Waals surface area contributed by atoms with Crippen molar-refractivity contribution in [3.8, 4) is 5.75 Å². The Morgan fingerprint density at radius 1 is 1.00 bits per heavy atom. The molecule has 162 valence electrons. The van der Waals surface area contributed by atoms with Gasteiger partial charge in [0.25, 0.3) is 0 Å². The molecule has 2 saturated heterocycles. The Bertz CT molecular complexity index is 793. The predicted octanol–water partition coefficient (Wildman–Crippen LogP) is 2.98. The Morgan fingerprint density at radius 3 is 2.57 bits per heavy atom. The third-order valence-electron chi connectivity index (χ3n) is 6.17. The van der Waals surface area contributed by atoms with Crippen LogP contribution in [0.4, 0.5) is 10.1 Å². The lowest BCUT2D eigenvalue weighted by Crippen LogP contribution is -2.55. The Morgan fingerprint density at radius 2 is 1.80 bits per heavy atom. The van der Waals surface area contributed by atoms with Crippen LogP contribution in [0.2, 0.25) is 0 Å². The Labute approximate surface area is 178 Å². The van der Waals surface area contributed by atoms with Crippen molar-refractivity contribution in [2.75, 3.05) is 57.4 Å². The van der Waals surface area contributed by atoms with Crippen LogP contribution in [-0.2, 0) is 6.54 Å². The first-order chi connectivity index (χ1) is 14.7. The number of likely N-dealkylation sites (tertiary alicyclic amines) is 1. The zero-order valence-electron chi connectivity index (χ0n) is 17.5. The van der Waals surface area contributed by atoms with E-state index in [0.717, 1.165) is 57.3 Å². The van der Waals surface area contributed by atoms with Crippen molar-refractivity contribution in [3.63, 3.8) is 0 Å². The Hall–Kier alpha value is -2.15. The second kappa shape index (κ2) is 10.2. The largest absolute Gasteiger partial charge is 0.491 e. The van der Waals surface area contributed by atoms with Crippen LogP contribution in [0.1, 0.15) is 18.4 Å². The highest BCUT2D eigenvalue weighted by Crippen LogP contribution is 2.23. The molecule has 2 aliphatic heterocycles. The molecule has 0 bridgehead atoms. The minimum Gasteiger partial charge on any atom is -0.491 e. The molecule has 0 radical (unpaired) electrons. The number of hydrogen-bond acceptors (Lipinski definition) is 5. The molecule has 1 atom stereocenters. The zero-order valence-corrected chi connectivity index (χ0v) is 17.5. The summed E-state index contributed by atoms with van der Waals surface area (Å²) in [5.74, 6) is 0.650. The number of rotatable bonds is 7. The summed E-state index contributed by atoms with van der Waals surface area (Å²) in [5.41, 5.74) is 2.37. The maximum absolute atomic E-state index is 13.2. The van der Waals surface area contributed by atoms with Crippen LogP contribution in [0.15, 0.2) is 48.5 Å². The number of nitrogens with zero attached hydrogens (tertiary/aromatic N) is 3. The van der Waals surface area contributed by atoms with Gasteiger partial charge in [0.1, 0.15) is 18.2 Å². The number of piperidine rings is 1. The first-order valence-electron chi connectivity index (χ1n) is 11.0. The molecule has 30 heavy (non-hydrogen) atoms. The molecule has 0 unspecified atom stereocenters. The number of aliphatic hydroxyl groups is 1.